The van der Waals surface area contributed by atoms with Gasteiger partial charge < -0.3 is 31.0 Å². The van der Waals surface area contributed by atoms with Gasteiger partial charge in [-0.05, 0) is 62.4 Å². The number of carbonyl (C=O) groups is 2. The number of aromatic nitrogens is 2. The molecule has 5 N–H and O–H groups in total. The number of benzene rings is 1. The number of nitrogens with two attached hydrogens (primary N) is 1. The number of hydrogen-bond donors (Lipinski definition) is 4. The largest absolute Gasteiger partial charge is 0.484 e. The van der Waals surface area contributed by atoms with Gasteiger partial charge in [0.25, 0.3) is 17.4 Å². The van der Waals surface area contributed by atoms with Gasteiger partial charge in [0.15, 0.2) is 12.4 Å². The molecule has 0 spiro atoms. The Labute approximate surface area is 229 Å². The van der Waals surface area contributed by atoms with E-state index in [2.05, 4.69) is 39.3 Å². The zero-order chi connectivity index (χ0) is 27.8. The molecular formula is C28H41N7O4. The highest BCUT2D eigenvalue weighted by molar-refractivity contribution is 5.92. The van der Waals surface area contributed by atoms with Crippen molar-refractivity contribution in [2.45, 2.75) is 58.2 Å². The van der Waals surface area contributed by atoms with Crippen molar-refractivity contribution in [1.82, 2.24) is 25.5 Å². The summed E-state index contributed by atoms with van der Waals surface area (Å²) < 4.78 is 5.33. The van der Waals surface area contributed by atoms with Gasteiger partial charge in [-0.3, -0.25) is 19.3 Å². The topological polar surface area (TPSA) is 146 Å². The van der Waals surface area contributed by atoms with Crippen LogP contribution in [-0.2, 0) is 11.3 Å². The summed E-state index contributed by atoms with van der Waals surface area (Å²) in [5.74, 6) is 0.588. The number of primary amides is 1. The molecule has 2 aliphatic rings. The first kappa shape index (κ1) is 28.6. The summed E-state index contributed by atoms with van der Waals surface area (Å²) in [5, 5.41) is 6.54. The predicted molar refractivity (Wildman–Crippen MR) is 150 cm³/mol. The number of hydrogen-bond acceptors (Lipinski definition) is 8. The maximum absolute atomic E-state index is 12.8. The second-order valence-electron chi connectivity index (χ2n) is 10.9. The molecule has 2 aromatic rings. The smallest absolute Gasteiger partial charge is 0.291 e. The molecule has 0 unspecified atom stereocenters. The molecule has 2 fully saturated rings. The zero-order valence-corrected chi connectivity index (χ0v) is 22.9. The summed E-state index contributed by atoms with van der Waals surface area (Å²) in [6.45, 7) is 9.09. The summed E-state index contributed by atoms with van der Waals surface area (Å²) in [6.07, 6.45) is 5.54. The van der Waals surface area contributed by atoms with E-state index in [1.807, 2.05) is 29.2 Å². The van der Waals surface area contributed by atoms with Gasteiger partial charge in [0.2, 0.25) is 0 Å². The van der Waals surface area contributed by atoms with Crippen LogP contribution in [0.1, 0.15) is 55.6 Å². The second-order valence-corrected chi connectivity index (χ2v) is 10.9. The van der Waals surface area contributed by atoms with Crippen LogP contribution in [0.4, 0.5) is 5.82 Å². The van der Waals surface area contributed by atoms with Crippen molar-refractivity contribution < 1.29 is 14.3 Å². The highest BCUT2D eigenvalue weighted by Crippen LogP contribution is 2.19. The summed E-state index contributed by atoms with van der Waals surface area (Å²) in [5.41, 5.74) is 6.19. The molecule has 4 rings (SSSR count). The van der Waals surface area contributed by atoms with E-state index in [9.17, 15) is 14.4 Å². The molecule has 1 saturated carbocycles. The zero-order valence-electron chi connectivity index (χ0n) is 22.9. The van der Waals surface area contributed by atoms with Crippen LogP contribution in [0.3, 0.4) is 0 Å². The van der Waals surface area contributed by atoms with Gasteiger partial charge in [-0.2, -0.15) is 0 Å². The Hall–Kier alpha value is -3.44. The number of nitrogens with one attached hydrogen (secondary N) is 3. The molecule has 39 heavy (non-hydrogen) atoms. The molecule has 0 atom stereocenters. The number of anilines is 1. The van der Waals surface area contributed by atoms with Crippen molar-refractivity contribution in [2.75, 3.05) is 44.2 Å². The molecule has 1 aromatic carbocycles. The lowest BCUT2D eigenvalue weighted by Crippen LogP contribution is -2.45. The van der Waals surface area contributed by atoms with Crippen LogP contribution < -0.4 is 31.6 Å². The van der Waals surface area contributed by atoms with Crippen molar-refractivity contribution in [1.29, 1.82) is 0 Å². The molecule has 2 amide bonds. The monoisotopic (exact) mass is 539 g/mol. The van der Waals surface area contributed by atoms with Crippen molar-refractivity contribution in [2.24, 2.45) is 11.7 Å². The maximum Gasteiger partial charge on any atom is 0.291 e. The van der Waals surface area contributed by atoms with Crippen LogP contribution in [0, 0.1) is 5.92 Å². The number of amides is 2. The van der Waals surface area contributed by atoms with Crippen molar-refractivity contribution in [3.05, 3.63) is 52.1 Å². The van der Waals surface area contributed by atoms with Crippen LogP contribution in [0.15, 0.2) is 35.3 Å². The number of piperidine rings is 1. The van der Waals surface area contributed by atoms with E-state index in [1.165, 1.54) is 11.8 Å². The van der Waals surface area contributed by atoms with Crippen LogP contribution in [0.5, 0.6) is 5.75 Å². The number of carbonyl (C=O) groups excluding carboxylic acids is 2. The number of aromatic amines is 1. The number of ether oxygens (including phenoxy) is 1. The standard InChI is InChI=1S/C28H41N7O4/c1-19(2)16-35(26-28(38)33-24(15-31-26)27(37)32-22-5-6-22)14-11-30-21-9-12-34(13-10-21)17-20-3-7-23(8-4-20)39-18-25(29)36/h3-4,7-8,15,19,21-22,30H,5-6,9-14,16-18H2,1-2H3,(H2,29,36)(H,32,37)(H,33,38). The molecule has 0 radical (unpaired) electrons. The molecule has 1 aliphatic carbocycles. The Kier molecular flexibility index (Phi) is 9.94. The van der Waals surface area contributed by atoms with Crippen molar-refractivity contribution in [3.8, 4) is 5.75 Å². The van der Waals surface area contributed by atoms with Crippen LogP contribution in [0.25, 0.3) is 0 Å². The Bertz CT molecular complexity index is 1160. The normalized spacial score (nSPS) is 16.3. The van der Waals surface area contributed by atoms with Gasteiger partial charge in [-0.15, -0.1) is 0 Å². The van der Waals surface area contributed by atoms with E-state index in [4.69, 9.17) is 10.5 Å². The van der Waals surface area contributed by atoms with Crippen LogP contribution >= 0.6 is 0 Å². The Balaban J connectivity index is 1.22. The minimum atomic E-state index is -0.489. The van der Waals surface area contributed by atoms with E-state index in [-0.39, 0.29) is 29.8 Å². The van der Waals surface area contributed by atoms with Crippen LogP contribution in [0.2, 0.25) is 0 Å². The number of rotatable bonds is 14. The van der Waals surface area contributed by atoms with Gasteiger partial charge in [0.05, 0.1) is 6.20 Å². The van der Waals surface area contributed by atoms with Crippen molar-refractivity contribution in [3.63, 3.8) is 0 Å². The molecular weight excluding hydrogens is 498 g/mol. The van der Waals surface area contributed by atoms with Gasteiger partial charge >= 0.3 is 0 Å². The fourth-order valence-corrected chi connectivity index (χ4v) is 4.75. The Morgan fingerprint density at radius 3 is 2.49 bits per heavy atom. The lowest BCUT2D eigenvalue weighted by molar-refractivity contribution is -0.119. The molecule has 2 heterocycles. The molecule has 11 heteroatoms. The molecule has 1 aromatic heterocycles. The fourth-order valence-electron chi connectivity index (χ4n) is 4.75. The quantitative estimate of drug-likeness (QED) is 0.281. The SMILES string of the molecule is CC(C)CN(CCNC1CCN(Cc2ccc(OCC(N)=O)cc2)CC1)c1ncc(C(=O)NC2CC2)[nH]c1=O. The Morgan fingerprint density at radius 1 is 1.15 bits per heavy atom. The van der Waals surface area contributed by atoms with E-state index in [0.29, 0.717) is 36.6 Å². The lowest BCUT2D eigenvalue weighted by Gasteiger charge is -2.33. The third kappa shape index (κ3) is 9.07. The van der Waals surface area contributed by atoms with Gasteiger partial charge in [-0.1, -0.05) is 26.0 Å². The van der Waals surface area contributed by atoms with E-state index in [0.717, 1.165) is 51.9 Å². The summed E-state index contributed by atoms with van der Waals surface area (Å²) >= 11 is 0. The third-order valence-electron chi connectivity index (χ3n) is 6.92. The molecule has 0 bridgehead atoms. The second kappa shape index (κ2) is 13.6. The highest BCUT2D eigenvalue weighted by atomic mass is 16.5. The van der Waals surface area contributed by atoms with Gasteiger partial charge in [-0.25, -0.2) is 4.98 Å². The summed E-state index contributed by atoms with van der Waals surface area (Å²) in [7, 11) is 0. The van der Waals surface area contributed by atoms with E-state index >= 15 is 0 Å². The highest BCUT2D eigenvalue weighted by Gasteiger charge is 2.25. The fraction of sp³-hybridized carbons (Fsp3) is 0.571. The van der Waals surface area contributed by atoms with Gasteiger partial charge in [0.1, 0.15) is 11.4 Å². The minimum absolute atomic E-state index is 0.118. The molecule has 1 aliphatic heterocycles. The van der Waals surface area contributed by atoms with Crippen LogP contribution in [-0.4, -0.2) is 78.1 Å². The molecule has 1 saturated heterocycles. The Morgan fingerprint density at radius 2 is 1.87 bits per heavy atom. The minimum Gasteiger partial charge on any atom is -0.484 e. The molecule has 11 nitrogen and oxygen atoms in total. The predicted octanol–water partition coefficient (Wildman–Crippen LogP) is 1.24. The first-order valence-corrected chi connectivity index (χ1v) is 13.9. The van der Waals surface area contributed by atoms with Gasteiger partial charge in [0, 0.05) is 38.3 Å². The maximum atomic E-state index is 12.8. The van der Waals surface area contributed by atoms with E-state index in [1.54, 1.807) is 0 Å². The third-order valence-corrected chi connectivity index (χ3v) is 6.92. The number of H-pyrrole nitrogens is 1. The number of nitrogens with zero attached hydrogens (tertiary/aromatic N) is 3. The summed E-state index contributed by atoms with van der Waals surface area (Å²) in [4.78, 5) is 47.5. The number of likely N-dealkylation sites (tertiary alicyclic amines) is 1. The molecule has 212 valence electrons. The summed E-state index contributed by atoms with van der Waals surface area (Å²) in [6, 6.07) is 8.42. The first-order chi connectivity index (χ1) is 18.8. The average molecular weight is 540 g/mol. The van der Waals surface area contributed by atoms with E-state index < -0.39 is 5.91 Å². The first-order valence-electron chi connectivity index (χ1n) is 13.9. The van der Waals surface area contributed by atoms with Crippen molar-refractivity contribution >= 4 is 17.6 Å². The lowest BCUT2D eigenvalue weighted by atomic mass is 10.0. The average Bonchev–Trinajstić information content (AvgIpc) is 3.72.